The third-order valence-corrected chi connectivity index (χ3v) is 5.79. The van der Waals surface area contributed by atoms with Crippen LogP contribution in [0.4, 0.5) is 10.1 Å². The summed E-state index contributed by atoms with van der Waals surface area (Å²) in [5, 5.41) is 9.09. The van der Waals surface area contributed by atoms with Gasteiger partial charge in [-0.1, -0.05) is 11.6 Å². The molecule has 0 saturated carbocycles. The Bertz CT molecular complexity index is 908. The maximum absolute atomic E-state index is 14.2. The first kappa shape index (κ1) is 15.7. The van der Waals surface area contributed by atoms with Crippen LogP contribution in [0.2, 0.25) is 5.02 Å². The summed E-state index contributed by atoms with van der Waals surface area (Å²) in [5.74, 6) is -0.630. The second-order valence-electron chi connectivity index (χ2n) is 5.03. The number of halogens is 2. The van der Waals surface area contributed by atoms with Crippen molar-refractivity contribution in [2.45, 2.75) is 17.7 Å². The van der Waals surface area contributed by atoms with Gasteiger partial charge in [-0.05, 0) is 42.7 Å². The predicted molar refractivity (Wildman–Crippen MR) is 83.2 cm³/mol. The lowest BCUT2D eigenvalue weighted by atomic mass is 10.0. The van der Waals surface area contributed by atoms with E-state index < -0.39 is 15.8 Å². The van der Waals surface area contributed by atoms with E-state index in [4.69, 9.17) is 16.9 Å². The van der Waals surface area contributed by atoms with Gasteiger partial charge in [0.25, 0.3) is 10.0 Å². The summed E-state index contributed by atoms with van der Waals surface area (Å²) in [7, 11) is -3.98. The molecule has 0 spiro atoms. The van der Waals surface area contributed by atoms with Gasteiger partial charge in [0, 0.05) is 17.8 Å². The molecule has 1 aliphatic rings. The SMILES string of the molecule is N#Cc1ccc(S(=O)(=O)N2CCCc3c(Cl)ccc(F)c32)cn1. The van der Waals surface area contributed by atoms with Crippen molar-refractivity contribution in [3.05, 3.63) is 52.6 Å². The van der Waals surface area contributed by atoms with Gasteiger partial charge in [-0.2, -0.15) is 5.26 Å². The van der Waals surface area contributed by atoms with Crippen molar-refractivity contribution >= 4 is 27.3 Å². The largest absolute Gasteiger partial charge is 0.265 e. The average Bonchev–Trinajstić information content (AvgIpc) is 2.58. The number of sulfonamides is 1. The first-order valence-electron chi connectivity index (χ1n) is 6.81. The van der Waals surface area contributed by atoms with Crippen LogP contribution in [0.1, 0.15) is 17.7 Å². The number of rotatable bonds is 2. The van der Waals surface area contributed by atoms with Gasteiger partial charge in [0.05, 0.1) is 5.69 Å². The monoisotopic (exact) mass is 351 g/mol. The van der Waals surface area contributed by atoms with Crippen molar-refractivity contribution < 1.29 is 12.8 Å². The van der Waals surface area contributed by atoms with Gasteiger partial charge in [0.1, 0.15) is 22.5 Å². The molecule has 1 aliphatic heterocycles. The van der Waals surface area contributed by atoms with Gasteiger partial charge in [-0.3, -0.25) is 4.31 Å². The normalized spacial score (nSPS) is 14.2. The number of nitrogens with zero attached hydrogens (tertiary/aromatic N) is 3. The van der Waals surface area contributed by atoms with Crippen LogP contribution in [0.15, 0.2) is 35.4 Å². The number of pyridine rings is 1. The molecule has 0 atom stereocenters. The van der Waals surface area contributed by atoms with Crippen molar-refractivity contribution in [1.29, 1.82) is 5.26 Å². The van der Waals surface area contributed by atoms with E-state index in [-0.39, 0.29) is 22.8 Å². The van der Waals surface area contributed by atoms with Gasteiger partial charge in [-0.15, -0.1) is 0 Å². The summed E-state index contributed by atoms with van der Waals surface area (Å²) in [6.07, 6.45) is 2.16. The maximum Gasteiger partial charge on any atom is 0.265 e. The molecule has 8 heteroatoms. The zero-order valence-electron chi connectivity index (χ0n) is 11.8. The Kier molecular flexibility index (Phi) is 3.96. The number of hydrogen-bond donors (Lipinski definition) is 0. The molecule has 0 aliphatic carbocycles. The Hall–Kier alpha value is -2.17. The van der Waals surface area contributed by atoms with Crippen LogP contribution >= 0.6 is 11.6 Å². The standard InChI is InChI=1S/C15H11ClFN3O2S/c16-13-5-6-14(17)15-12(13)2-1-7-20(15)23(21,22)11-4-3-10(8-18)19-9-11/h3-6,9H,1-2,7H2. The number of hydrogen-bond acceptors (Lipinski definition) is 4. The minimum atomic E-state index is -3.98. The van der Waals surface area contributed by atoms with E-state index in [9.17, 15) is 12.8 Å². The average molecular weight is 352 g/mol. The summed E-state index contributed by atoms with van der Waals surface area (Å²) >= 11 is 6.08. The molecule has 1 aromatic carbocycles. The van der Waals surface area contributed by atoms with E-state index >= 15 is 0 Å². The molecule has 3 rings (SSSR count). The van der Waals surface area contributed by atoms with Gasteiger partial charge >= 0.3 is 0 Å². The molecule has 1 aromatic heterocycles. The van der Waals surface area contributed by atoms with Gasteiger partial charge in [0.15, 0.2) is 0 Å². The highest BCUT2D eigenvalue weighted by molar-refractivity contribution is 7.92. The van der Waals surface area contributed by atoms with Crippen LogP contribution in [0.5, 0.6) is 0 Å². The van der Waals surface area contributed by atoms with Crippen LogP contribution in [-0.4, -0.2) is 19.9 Å². The Labute approximate surface area is 138 Å². The molecule has 0 N–H and O–H groups in total. The maximum atomic E-state index is 14.2. The van der Waals surface area contributed by atoms with Crippen LogP contribution in [0, 0.1) is 17.1 Å². The topological polar surface area (TPSA) is 74.1 Å². The first-order valence-corrected chi connectivity index (χ1v) is 8.62. The smallest absolute Gasteiger partial charge is 0.263 e. The van der Waals surface area contributed by atoms with Crippen LogP contribution in [-0.2, 0) is 16.4 Å². The molecule has 0 bridgehead atoms. The minimum Gasteiger partial charge on any atom is -0.263 e. The molecule has 0 unspecified atom stereocenters. The molecule has 2 aromatic rings. The molecular formula is C15H11ClFN3O2S. The fraction of sp³-hybridized carbons (Fsp3) is 0.200. The van der Waals surface area contributed by atoms with Gasteiger partial charge < -0.3 is 0 Å². The summed E-state index contributed by atoms with van der Waals surface area (Å²) in [6.45, 7) is 0.159. The predicted octanol–water partition coefficient (Wildman–Crippen LogP) is 2.89. The van der Waals surface area contributed by atoms with Crippen LogP contribution < -0.4 is 4.31 Å². The van der Waals surface area contributed by atoms with Crippen molar-refractivity contribution in [2.75, 3.05) is 10.8 Å². The fourth-order valence-electron chi connectivity index (χ4n) is 2.57. The molecule has 5 nitrogen and oxygen atoms in total. The van der Waals surface area contributed by atoms with E-state index in [1.807, 2.05) is 6.07 Å². The van der Waals surface area contributed by atoms with E-state index in [1.54, 1.807) is 0 Å². The second-order valence-corrected chi connectivity index (χ2v) is 7.30. The first-order chi connectivity index (χ1) is 10.9. The minimum absolute atomic E-state index is 0.00638. The molecular weight excluding hydrogens is 341 g/mol. The number of aromatic nitrogens is 1. The molecule has 0 amide bonds. The summed E-state index contributed by atoms with van der Waals surface area (Å²) in [4.78, 5) is 3.67. The molecule has 2 heterocycles. The quantitative estimate of drug-likeness (QED) is 0.833. The third-order valence-electron chi connectivity index (χ3n) is 3.65. The molecule has 0 saturated heterocycles. The van der Waals surface area contributed by atoms with Crippen molar-refractivity contribution in [3.63, 3.8) is 0 Å². The van der Waals surface area contributed by atoms with Crippen molar-refractivity contribution in [3.8, 4) is 6.07 Å². The van der Waals surface area contributed by atoms with E-state index in [2.05, 4.69) is 4.98 Å². The third kappa shape index (κ3) is 2.64. The number of fused-ring (bicyclic) bond motifs is 1. The highest BCUT2D eigenvalue weighted by Crippen LogP contribution is 2.37. The molecule has 118 valence electrons. The lowest BCUT2D eigenvalue weighted by Gasteiger charge is -2.31. The zero-order chi connectivity index (χ0) is 16.6. The Balaban J connectivity index is 2.13. The number of anilines is 1. The van der Waals surface area contributed by atoms with Crippen LogP contribution in [0.3, 0.4) is 0 Å². The van der Waals surface area contributed by atoms with Crippen molar-refractivity contribution in [1.82, 2.24) is 4.98 Å². The van der Waals surface area contributed by atoms with Gasteiger partial charge in [0.2, 0.25) is 0 Å². The summed E-state index contributed by atoms with van der Waals surface area (Å²) in [5.41, 5.74) is 0.591. The highest BCUT2D eigenvalue weighted by Gasteiger charge is 2.32. The number of nitriles is 1. The number of benzene rings is 1. The lowest BCUT2D eigenvalue weighted by Crippen LogP contribution is -2.36. The Morgan fingerprint density at radius 2 is 2.09 bits per heavy atom. The lowest BCUT2D eigenvalue weighted by molar-refractivity contribution is 0.577. The molecule has 0 radical (unpaired) electrons. The molecule has 23 heavy (non-hydrogen) atoms. The van der Waals surface area contributed by atoms with E-state index in [0.717, 1.165) is 16.6 Å². The fourth-order valence-corrected chi connectivity index (χ4v) is 4.30. The highest BCUT2D eigenvalue weighted by atomic mass is 35.5. The Morgan fingerprint density at radius 3 is 2.74 bits per heavy atom. The van der Waals surface area contributed by atoms with Gasteiger partial charge in [-0.25, -0.2) is 17.8 Å². The summed E-state index contributed by atoms with van der Waals surface area (Å²) in [6, 6.07) is 7.01. The zero-order valence-corrected chi connectivity index (χ0v) is 13.4. The van der Waals surface area contributed by atoms with Crippen LogP contribution in [0.25, 0.3) is 0 Å². The van der Waals surface area contributed by atoms with Crippen molar-refractivity contribution in [2.24, 2.45) is 0 Å². The summed E-state index contributed by atoms with van der Waals surface area (Å²) < 4.78 is 40.9. The molecule has 0 fully saturated rings. The van der Waals surface area contributed by atoms with E-state index in [1.165, 1.54) is 18.2 Å². The second kappa shape index (κ2) is 5.80. The Morgan fingerprint density at radius 1 is 1.30 bits per heavy atom. The van der Waals surface area contributed by atoms with E-state index in [0.29, 0.717) is 23.4 Å².